The van der Waals surface area contributed by atoms with E-state index in [0.717, 1.165) is 11.9 Å². The van der Waals surface area contributed by atoms with E-state index in [-0.39, 0.29) is 5.56 Å². The fourth-order valence-corrected chi connectivity index (χ4v) is 2.64. The molecule has 2 aromatic heterocycles. The number of hydrogen-bond donors (Lipinski definition) is 1. The molecule has 0 saturated heterocycles. The number of nitrogen functional groups attached to an aromatic ring is 1. The van der Waals surface area contributed by atoms with E-state index in [4.69, 9.17) is 10.5 Å². The van der Waals surface area contributed by atoms with E-state index in [1.165, 1.54) is 0 Å². The number of nitrogens with zero attached hydrogens (tertiary/aromatic N) is 3. The first-order chi connectivity index (χ1) is 12.1. The van der Waals surface area contributed by atoms with Crippen molar-refractivity contribution in [1.82, 2.24) is 14.5 Å². The Bertz CT molecular complexity index is 945. The van der Waals surface area contributed by atoms with Crippen LogP contribution in [0.2, 0.25) is 0 Å². The van der Waals surface area contributed by atoms with Gasteiger partial charge in [0.1, 0.15) is 16.9 Å². The molecule has 3 rings (SSSR count). The fraction of sp³-hybridized carbons (Fsp3) is 0.316. The van der Waals surface area contributed by atoms with Gasteiger partial charge in [-0.2, -0.15) is 0 Å². The number of allylic oxidation sites excluding steroid dienone is 1. The van der Waals surface area contributed by atoms with Gasteiger partial charge in [0.25, 0.3) is 0 Å². The number of hydrogen-bond acceptors (Lipinski definition) is 5. The molecule has 0 saturated carbocycles. The van der Waals surface area contributed by atoms with Gasteiger partial charge in [0.15, 0.2) is 5.65 Å². The predicted molar refractivity (Wildman–Crippen MR) is 99.4 cm³/mol. The lowest BCUT2D eigenvalue weighted by Crippen LogP contribution is -2.13. The first kappa shape index (κ1) is 17.0. The van der Waals surface area contributed by atoms with Gasteiger partial charge in [-0.1, -0.05) is 38.5 Å². The minimum absolute atomic E-state index is 0.276. The van der Waals surface area contributed by atoms with Gasteiger partial charge in [-0.15, -0.1) is 6.58 Å². The van der Waals surface area contributed by atoms with E-state index in [9.17, 15) is 4.79 Å². The molecule has 0 bridgehead atoms. The Morgan fingerprint density at radius 2 is 2.04 bits per heavy atom. The highest BCUT2D eigenvalue weighted by atomic mass is 16.5. The van der Waals surface area contributed by atoms with Crippen LogP contribution >= 0.6 is 0 Å². The molecule has 0 aliphatic rings. The molecule has 0 amide bonds. The van der Waals surface area contributed by atoms with E-state index >= 15 is 0 Å². The third-order valence-corrected chi connectivity index (χ3v) is 4.30. The Morgan fingerprint density at radius 1 is 1.36 bits per heavy atom. The second-order valence-corrected chi connectivity index (χ2v) is 6.16. The molecule has 3 aromatic rings. The summed E-state index contributed by atoms with van der Waals surface area (Å²) in [6.07, 6.45) is 2.65. The van der Waals surface area contributed by atoms with Crippen LogP contribution in [0.15, 0.2) is 36.9 Å². The van der Waals surface area contributed by atoms with Crippen molar-refractivity contribution in [3.8, 4) is 0 Å². The average molecular weight is 338 g/mol. The zero-order valence-electron chi connectivity index (χ0n) is 14.5. The molecule has 2 N–H and O–H groups in total. The first-order valence-electron chi connectivity index (χ1n) is 8.39. The number of fused-ring (bicyclic) bond motifs is 2. The molecule has 0 fully saturated rings. The number of ether oxygens (including phenoxy) is 1. The van der Waals surface area contributed by atoms with Gasteiger partial charge in [0.05, 0.1) is 17.6 Å². The summed E-state index contributed by atoms with van der Waals surface area (Å²) in [6, 6.07) is 7.52. The lowest BCUT2D eigenvalue weighted by atomic mass is 10.1. The largest absolute Gasteiger partial charge is 0.462 e. The van der Waals surface area contributed by atoms with Crippen LogP contribution in [-0.4, -0.2) is 27.1 Å². The van der Waals surface area contributed by atoms with Crippen LogP contribution in [0, 0.1) is 5.92 Å². The standard InChI is InChI=1S/C19H22N4O2/c1-4-10-23-17(20)15(19(24)25-11-12(3)5-2)16-18(23)22-14-9-7-6-8-13(14)21-16/h4,6-9,12H,1,5,10-11,20H2,2-3H3/t12-/m1/s1. The van der Waals surface area contributed by atoms with E-state index in [1.54, 1.807) is 10.6 Å². The summed E-state index contributed by atoms with van der Waals surface area (Å²) in [6.45, 7) is 8.63. The first-order valence-corrected chi connectivity index (χ1v) is 8.39. The maximum atomic E-state index is 12.6. The van der Waals surface area contributed by atoms with Crippen molar-refractivity contribution >= 4 is 34.0 Å². The van der Waals surface area contributed by atoms with Gasteiger partial charge < -0.3 is 15.0 Å². The highest BCUT2D eigenvalue weighted by molar-refractivity contribution is 6.08. The molecule has 0 aliphatic carbocycles. The summed E-state index contributed by atoms with van der Waals surface area (Å²) in [7, 11) is 0. The molecular formula is C19H22N4O2. The summed E-state index contributed by atoms with van der Waals surface area (Å²) in [5.41, 5.74) is 9.00. The van der Waals surface area contributed by atoms with Gasteiger partial charge in [0, 0.05) is 6.54 Å². The summed E-state index contributed by atoms with van der Waals surface area (Å²) >= 11 is 0. The van der Waals surface area contributed by atoms with E-state index in [0.29, 0.717) is 41.6 Å². The number of nitrogens with two attached hydrogens (primary N) is 1. The number of esters is 1. The molecule has 0 unspecified atom stereocenters. The molecule has 0 aliphatic heterocycles. The van der Waals surface area contributed by atoms with Crippen LogP contribution in [-0.2, 0) is 11.3 Å². The highest BCUT2D eigenvalue weighted by Crippen LogP contribution is 2.28. The molecular weight excluding hydrogens is 316 g/mol. The summed E-state index contributed by atoms with van der Waals surface area (Å²) in [4.78, 5) is 21.9. The van der Waals surface area contributed by atoms with Crippen LogP contribution in [0.4, 0.5) is 5.82 Å². The van der Waals surface area contributed by atoms with Crippen molar-refractivity contribution in [2.45, 2.75) is 26.8 Å². The topological polar surface area (TPSA) is 83.0 Å². The normalized spacial score (nSPS) is 12.4. The Kier molecular flexibility index (Phi) is 4.70. The molecule has 25 heavy (non-hydrogen) atoms. The summed E-state index contributed by atoms with van der Waals surface area (Å²) in [5, 5.41) is 0. The van der Waals surface area contributed by atoms with Crippen molar-refractivity contribution in [2.24, 2.45) is 5.92 Å². The zero-order valence-corrected chi connectivity index (χ0v) is 14.5. The van der Waals surface area contributed by atoms with Gasteiger partial charge in [0.2, 0.25) is 0 Å². The molecule has 6 heteroatoms. The Morgan fingerprint density at radius 3 is 2.68 bits per heavy atom. The number of carbonyl (C=O) groups is 1. The van der Waals surface area contributed by atoms with Crippen LogP contribution in [0.1, 0.15) is 30.6 Å². The third-order valence-electron chi connectivity index (χ3n) is 4.30. The Balaban J connectivity index is 2.16. The second kappa shape index (κ2) is 6.93. The zero-order chi connectivity index (χ0) is 18.0. The molecule has 0 spiro atoms. The van der Waals surface area contributed by atoms with E-state index < -0.39 is 5.97 Å². The highest BCUT2D eigenvalue weighted by Gasteiger charge is 2.25. The number of carbonyl (C=O) groups excluding carboxylic acids is 1. The minimum atomic E-state index is -0.463. The fourth-order valence-electron chi connectivity index (χ4n) is 2.64. The quantitative estimate of drug-likeness (QED) is 0.549. The number of aromatic nitrogens is 3. The Labute approximate surface area is 146 Å². The van der Waals surface area contributed by atoms with Crippen molar-refractivity contribution < 1.29 is 9.53 Å². The van der Waals surface area contributed by atoms with Gasteiger partial charge in [-0.05, 0) is 18.1 Å². The number of anilines is 1. The molecule has 6 nitrogen and oxygen atoms in total. The smallest absolute Gasteiger partial charge is 0.344 e. The SMILES string of the molecule is C=CCn1c(N)c(C(=O)OC[C@H](C)CC)c2nc3ccccc3nc21. The third kappa shape index (κ3) is 3.07. The summed E-state index contributed by atoms with van der Waals surface area (Å²) < 4.78 is 7.19. The van der Waals surface area contributed by atoms with Crippen LogP contribution in [0.25, 0.3) is 22.2 Å². The van der Waals surface area contributed by atoms with Crippen LogP contribution in [0.3, 0.4) is 0 Å². The van der Waals surface area contributed by atoms with Gasteiger partial charge in [-0.3, -0.25) is 0 Å². The minimum Gasteiger partial charge on any atom is -0.462 e. The monoisotopic (exact) mass is 338 g/mol. The average Bonchev–Trinajstić information content (AvgIpc) is 2.89. The van der Waals surface area contributed by atoms with Crippen LogP contribution < -0.4 is 5.73 Å². The second-order valence-electron chi connectivity index (χ2n) is 6.16. The molecule has 1 atom stereocenters. The maximum absolute atomic E-state index is 12.6. The lowest BCUT2D eigenvalue weighted by molar-refractivity contribution is 0.0450. The number of para-hydroxylation sites is 2. The van der Waals surface area contributed by atoms with Crippen molar-refractivity contribution in [3.63, 3.8) is 0 Å². The number of rotatable bonds is 6. The van der Waals surface area contributed by atoms with Crippen molar-refractivity contribution in [2.75, 3.05) is 12.3 Å². The molecule has 130 valence electrons. The Hall–Kier alpha value is -2.89. The number of benzene rings is 1. The van der Waals surface area contributed by atoms with Gasteiger partial charge in [-0.25, -0.2) is 14.8 Å². The van der Waals surface area contributed by atoms with Gasteiger partial charge >= 0.3 is 5.97 Å². The van der Waals surface area contributed by atoms with Crippen molar-refractivity contribution in [1.29, 1.82) is 0 Å². The predicted octanol–water partition coefficient (Wildman–Crippen LogP) is 3.56. The summed E-state index contributed by atoms with van der Waals surface area (Å²) in [5.74, 6) is 0.133. The lowest BCUT2D eigenvalue weighted by Gasteiger charge is -2.09. The maximum Gasteiger partial charge on any atom is 0.344 e. The van der Waals surface area contributed by atoms with Crippen molar-refractivity contribution in [3.05, 3.63) is 42.5 Å². The van der Waals surface area contributed by atoms with E-state index in [1.807, 2.05) is 31.2 Å². The van der Waals surface area contributed by atoms with E-state index in [2.05, 4.69) is 23.5 Å². The molecule has 1 aromatic carbocycles. The molecule has 2 heterocycles. The molecule has 0 radical (unpaired) electrons. The van der Waals surface area contributed by atoms with Crippen LogP contribution in [0.5, 0.6) is 0 Å².